The van der Waals surface area contributed by atoms with Gasteiger partial charge in [-0.1, -0.05) is 24.3 Å². The van der Waals surface area contributed by atoms with Crippen LogP contribution in [-0.2, 0) is 11.3 Å². The Morgan fingerprint density at radius 2 is 2.15 bits per heavy atom. The molecule has 5 nitrogen and oxygen atoms in total. The average Bonchev–Trinajstić information content (AvgIpc) is 3.08. The molecular weight excluding hydrogens is 328 g/mol. The highest BCUT2D eigenvalue weighted by molar-refractivity contribution is 5.80. The predicted molar refractivity (Wildman–Crippen MR) is 100 cm³/mol. The summed E-state index contributed by atoms with van der Waals surface area (Å²) in [6, 6.07) is 11.9. The van der Waals surface area contributed by atoms with Gasteiger partial charge in [-0.25, -0.2) is 0 Å². The lowest BCUT2D eigenvalue weighted by atomic mass is 9.97. The summed E-state index contributed by atoms with van der Waals surface area (Å²) in [5, 5.41) is 13.8. The molecule has 2 aliphatic rings. The van der Waals surface area contributed by atoms with Gasteiger partial charge in [0.25, 0.3) is 0 Å². The molecule has 2 N–H and O–H groups in total. The molecule has 2 aromatic carbocycles. The maximum absolute atomic E-state index is 12.8. The van der Waals surface area contributed by atoms with Gasteiger partial charge in [-0.3, -0.25) is 4.79 Å². The minimum atomic E-state index is 0.0460. The van der Waals surface area contributed by atoms with Gasteiger partial charge in [0.05, 0.1) is 12.5 Å². The Morgan fingerprint density at radius 3 is 2.92 bits per heavy atom. The van der Waals surface area contributed by atoms with E-state index in [1.165, 1.54) is 0 Å². The minimum Gasteiger partial charge on any atom is -0.504 e. The highest BCUT2D eigenvalue weighted by Gasteiger charge is 2.29. The number of benzene rings is 2. The Hall–Kier alpha value is -2.53. The Labute approximate surface area is 153 Å². The SMILES string of the molecule is Cc1ccccc1-c1cc(O)c2c(c1)CN(C(=O)[C@@H]1CCNC1)CCO2. The first kappa shape index (κ1) is 16.9. The third-order valence-corrected chi connectivity index (χ3v) is 5.29. The number of amides is 1. The van der Waals surface area contributed by atoms with Crippen molar-refractivity contribution in [2.75, 3.05) is 26.2 Å². The molecule has 2 heterocycles. The summed E-state index contributed by atoms with van der Waals surface area (Å²) in [7, 11) is 0. The van der Waals surface area contributed by atoms with E-state index >= 15 is 0 Å². The maximum Gasteiger partial charge on any atom is 0.227 e. The second-order valence-corrected chi connectivity index (χ2v) is 7.10. The van der Waals surface area contributed by atoms with E-state index in [0.29, 0.717) is 25.4 Å². The summed E-state index contributed by atoms with van der Waals surface area (Å²) in [4.78, 5) is 14.7. The zero-order valence-corrected chi connectivity index (χ0v) is 15.0. The van der Waals surface area contributed by atoms with Crippen molar-refractivity contribution in [3.8, 4) is 22.6 Å². The quantitative estimate of drug-likeness (QED) is 0.872. The zero-order valence-electron chi connectivity index (χ0n) is 15.0. The largest absolute Gasteiger partial charge is 0.504 e. The Balaban J connectivity index is 1.68. The highest BCUT2D eigenvalue weighted by atomic mass is 16.5. The fraction of sp³-hybridized carbons (Fsp3) is 0.381. The molecule has 2 aromatic rings. The molecule has 1 fully saturated rings. The molecule has 0 aromatic heterocycles. The van der Waals surface area contributed by atoms with Crippen molar-refractivity contribution in [1.29, 1.82) is 0 Å². The summed E-state index contributed by atoms with van der Waals surface area (Å²) in [6.45, 7) is 5.11. The molecule has 26 heavy (non-hydrogen) atoms. The molecule has 0 spiro atoms. The Morgan fingerprint density at radius 1 is 1.31 bits per heavy atom. The van der Waals surface area contributed by atoms with Gasteiger partial charge in [0.1, 0.15) is 6.61 Å². The van der Waals surface area contributed by atoms with E-state index in [9.17, 15) is 9.90 Å². The summed E-state index contributed by atoms with van der Waals surface area (Å²) in [5.74, 6) is 0.858. The number of fused-ring (bicyclic) bond motifs is 1. The number of carbonyl (C=O) groups is 1. The third-order valence-electron chi connectivity index (χ3n) is 5.29. The third kappa shape index (κ3) is 3.15. The summed E-state index contributed by atoms with van der Waals surface area (Å²) in [6.07, 6.45) is 0.886. The fourth-order valence-corrected chi connectivity index (χ4v) is 3.86. The molecule has 1 atom stereocenters. The van der Waals surface area contributed by atoms with E-state index in [-0.39, 0.29) is 17.6 Å². The molecule has 0 unspecified atom stereocenters. The van der Waals surface area contributed by atoms with Crippen LogP contribution < -0.4 is 10.1 Å². The molecule has 0 saturated carbocycles. The summed E-state index contributed by atoms with van der Waals surface area (Å²) >= 11 is 0. The van der Waals surface area contributed by atoms with Gasteiger partial charge >= 0.3 is 0 Å². The summed E-state index contributed by atoms with van der Waals surface area (Å²) < 4.78 is 5.78. The van der Waals surface area contributed by atoms with Crippen LogP contribution in [0.2, 0.25) is 0 Å². The number of phenolic OH excluding ortho intramolecular Hbond substituents is 1. The number of hydrogen-bond donors (Lipinski definition) is 2. The second kappa shape index (κ2) is 7.00. The van der Waals surface area contributed by atoms with Crippen molar-refractivity contribution in [3.05, 3.63) is 47.5 Å². The van der Waals surface area contributed by atoms with Crippen molar-refractivity contribution in [1.82, 2.24) is 10.2 Å². The first-order valence-corrected chi connectivity index (χ1v) is 9.17. The van der Waals surface area contributed by atoms with Crippen molar-refractivity contribution in [2.24, 2.45) is 5.92 Å². The number of phenols is 1. The molecule has 2 aliphatic heterocycles. The minimum absolute atomic E-state index is 0.0460. The lowest BCUT2D eigenvalue weighted by molar-refractivity contribution is -0.135. The predicted octanol–water partition coefficient (Wildman–Crippen LogP) is 2.70. The van der Waals surface area contributed by atoms with E-state index in [2.05, 4.69) is 18.3 Å². The van der Waals surface area contributed by atoms with Crippen LogP contribution in [0.25, 0.3) is 11.1 Å². The van der Waals surface area contributed by atoms with Crippen LogP contribution in [0.15, 0.2) is 36.4 Å². The van der Waals surface area contributed by atoms with Crippen molar-refractivity contribution in [2.45, 2.75) is 19.9 Å². The normalized spacial score (nSPS) is 19.6. The van der Waals surface area contributed by atoms with Crippen LogP contribution in [0.3, 0.4) is 0 Å². The van der Waals surface area contributed by atoms with Crippen LogP contribution in [0.5, 0.6) is 11.5 Å². The van der Waals surface area contributed by atoms with Crippen LogP contribution in [-0.4, -0.2) is 42.2 Å². The molecule has 1 saturated heterocycles. The van der Waals surface area contributed by atoms with E-state index in [1.807, 2.05) is 29.2 Å². The van der Waals surface area contributed by atoms with Gasteiger partial charge in [0.15, 0.2) is 11.5 Å². The van der Waals surface area contributed by atoms with Gasteiger partial charge < -0.3 is 20.1 Å². The number of nitrogens with zero attached hydrogens (tertiary/aromatic N) is 1. The van der Waals surface area contributed by atoms with E-state index in [1.54, 1.807) is 6.07 Å². The lowest BCUT2D eigenvalue weighted by Gasteiger charge is -2.23. The molecule has 0 radical (unpaired) electrons. The van der Waals surface area contributed by atoms with Gasteiger partial charge in [-0.05, 0) is 48.7 Å². The fourth-order valence-electron chi connectivity index (χ4n) is 3.86. The van der Waals surface area contributed by atoms with Crippen molar-refractivity contribution < 1.29 is 14.6 Å². The van der Waals surface area contributed by atoms with Gasteiger partial charge in [0.2, 0.25) is 5.91 Å². The summed E-state index contributed by atoms with van der Waals surface area (Å²) in [5.41, 5.74) is 4.03. The van der Waals surface area contributed by atoms with Crippen LogP contribution in [0.4, 0.5) is 0 Å². The first-order valence-electron chi connectivity index (χ1n) is 9.17. The molecule has 1 amide bonds. The molecule has 136 valence electrons. The van der Waals surface area contributed by atoms with E-state index < -0.39 is 0 Å². The second-order valence-electron chi connectivity index (χ2n) is 7.10. The van der Waals surface area contributed by atoms with Crippen molar-refractivity contribution in [3.63, 3.8) is 0 Å². The number of nitrogens with one attached hydrogen (secondary N) is 1. The Kier molecular flexibility index (Phi) is 4.55. The maximum atomic E-state index is 12.8. The van der Waals surface area contributed by atoms with Crippen LogP contribution in [0.1, 0.15) is 17.5 Å². The van der Waals surface area contributed by atoms with Crippen molar-refractivity contribution >= 4 is 5.91 Å². The first-order chi connectivity index (χ1) is 12.6. The smallest absolute Gasteiger partial charge is 0.227 e. The standard InChI is InChI=1S/C21H24N2O3/c1-14-4-2-3-5-18(14)16-10-17-13-23(21(25)15-6-7-22-12-15)8-9-26-20(17)19(24)11-16/h2-5,10-11,15,22,24H,6-9,12-13H2,1H3/t15-/m1/s1. The van der Waals surface area contributed by atoms with Crippen LogP contribution in [0, 0.1) is 12.8 Å². The molecular formula is C21H24N2O3. The number of aryl methyl sites for hydroxylation is 1. The number of aromatic hydroxyl groups is 1. The van der Waals surface area contributed by atoms with Gasteiger partial charge in [0, 0.05) is 18.7 Å². The number of ether oxygens (including phenoxy) is 1. The van der Waals surface area contributed by atoms with E-state index in [4.69, 9.17) is 4.74 Å². The average molecular weight is 352 g/mol. The monoisotopic (exact) mass is 352 g/mol. The number of rotatable bonds is 2. The van der Waals surface area contributed by atoms with Gasteiger partial charge in [-0.2, -0.15) is 0 Å². The molecule has 5 heteroatoms. The zero-order chi connectivity index (χ0) is 18.1. The van der Waals surface area contributed by atoms with Gasteiger partial charge in [-0.15, -0.1) is 0 Å². The molecule has 4 rings (SSSR count). The number of hydrogen-bond acceptors (Lipinski definition) is 4. The highest BCUT2D eigenvalue weighted by Crippen LogP contribution is 2.38. The molecule has 0 bridgehead atoms. The van der Waals surface area contributed by atoms with Crippen LogP contribution >= 0.6 is 0 Å². The molecule has 0 aliphatic carbocycles. The number of carbonyl (C=O) groups excluding carboxylic acids is 1. The lowest BCUT2D eigenvalue weighted by Crippen LogP contribution is -2.37. The van der Waals surface area contributed by atoms with E-state index in [0.717, 1.165) is 41.8 Å². The topological polar surface area (TPSA) is 61.8 Å². The Bertz CT molecular complexity index is 828.